The zero-order chi connectivity index (χ0) is 77.9. The van der Waals surface area contributed by atoms with Crippen LogP contribution < -0.4 is 92.9 Å². The lowest BCUT2D eigenvalue weighted by Gasteiger charge is -2.32. The fraction of sp³-hybridized carbons (Fsp3) is 0.609. The van der Waals surface area contributed by atoms with Gasteiger partial charge < -0.3 is 123 Å². The van der Waals surface area contributed by atoms with Crippen LogP contribution in [0.2, 0.25) is 0 Å². The van der Waals surface area contributed by atoms with Crippen LogP contribution in [0.15, 0.2) is 52.8 Å². The molecule has 1 aliphatic heterocycles. The van der Waals surface area contributed by atoms with Crippen molar-refractivity contribution in [2.24, 2.45) is 56.2 Å². The van der Waals surface area contributed by atoms with Crippen LogP contribution in [0.4, 0.5) is 0 Å². The molecule has 0 aliphatic carbocycles. The van der Waals surface area contributed by atoms with Crippen molar-refractivity contribution in [3.63, 3.8) is 0 Å². The fourth-order valence-electron chi connectivity index (χ4n) is 10.6. The lowest BCUT2D eigenvalue weighted by atomic mass is 9.96. The van der Waals surface area contributed by atoms with Gasteiger partial charge in [-0.15, -0.1) is 0 Å². The van der Waals surface area contributed by atoms with Crippen molar-refractivity contribution in [2.45, 2.75) is 197 Å². The summed E-state index contributed by atoms with van der Waals surface area (Å²) < 4.78 is 0. The number of carboxylic acids is 1. The van der Waals surface area contributed by atoms with Gasteiger partial charge in [0.1, 0.15) is 66.5 Å². The second-order valence-corrected chi connectivity index (χ2v) is 25.2. The van der Waals surface area contributed by atoms with Gasteiger partial charge in [-0.2, -0.15) is 0 Å². The van der Waals surface area contributed by atoms with E-state index in [2.05, 4.69) is 78.4 Å². The molecule has 0 bridgehead atoms. The van der Waals surface area contributed by atoms with Crippen LogP contribution in [0.25, 0.3) is 0 Å². The molecular formula is C64H104N22O18. The summed E-state index contributed by atoms with van der Waals surface area (Å²) in [6.07, 6.45) is 0.998. The number of hydrogen-bond donors (Lipinski definition) is 22. The van der Waals surface area contributed by atoms with Gasteiger partial charge in [0.2, 0.25) is 76.8 Å². The number of benzene rings is 1. The Labute approximate surface area is 600 Å². The van der Waals surface area contributed by atoms with Gasteiger partial charge in [0.25, 0.3) is 0 Å². The molecule has 2 aromatic rings. The number of guanidine groups is 2. The van der Waals surface area contributed by atoms with Crippen molar-refractivity contribution >= 4 is 94.7 Å². The average Bonchev–Trinajstić information content (AvgIpc) is 1.66. The highest BCUT2D eigenvalue weighted by atomic mass is 16.4. The molecule has 0 radical (unpaired) electrons. The largest absolute Gasteiger partial charge is 0.480 e. The van der Waals surface area contributed by atoms with Crippen molar-refractivity contribution in [1.82, 2.24) is 73.4 Å². The van der Waals surface area contributed by atoms with E-state index < -0.39 is 212 Å². The summed E-state index contributed by atoms with van der Waals surface area (Å²) in [5.74, 6) is -15.4. The molecule has 104 heavy (non-hydrogen) atoms. The molecule has 28 N–H and O–H groups in total. The standard InChI is InChI=1S/C64H104N22O18/c1-7-32(3)48(84-55(96)41(25-36-15-10-9-11-16-36)79-52(93)38(65)17-12-22-72-63(67)68)60(101)82-44(30-88)57(98)81-43(29-87)56(97)80-42(26-37-27-71-31-75-37)54(95)77-39(20-21-46(66)90)53(94)85-50(35(6)89)59(100)74-28-47(91)83-49(33(4)8-2)61(102)86-24-14-19-45(86)58(99)76-34(5)51(92)78-40(62(103)104)18-13-23-73-64(69)70/h9-11,15-16,27,31-35,38-45,48-50,87-89H,7-8,12-14,17-26,28-30,65H2,1-6H3,(H2,66,90)(H,71,75)(H,74,100)(H,76,99)(H,77,95)(H,78,92)(H,79,93)(H,80,97)(H,81,98)(H,82,101)(H,83,91)(H,84,96)(H,85,94)(H,103,104)(H4,67,68,72)(H4,69,70,73)/t32-,33-,34-,35+,38-,39-,40-,41-,42-,43-,44-,45-,48-,49-,50-/m0/s1. The number of aliphatic carboxylic acids is 1. The molecule has 15 atom stereocenters. The summed E-state index contributed by atoms with van der Waals surface area (Å²) in [6.45, 7) is 6.40. The predicted octanol–water partition coefficient (Wildman–Crippen LogP) is -8.59. The number of likely N-dealkylation sites (tertiary alicyclic amines) is 1. The molecule has 578 valence electrons. The van der Waals surface area contributed by atoms with Crippen molar-refractivity contribution in [1.29, 1.82) is 0 Å². The minimum absolute atomic E-state index is 0.0350. The smallest absolute Gasteiger partial charge is 0.326 e. The number of carboxylic acid groups (broad SMARTS) is 1. The number of carbonyl (C=O) groups is 14. The Hall–Kier alpha value is -10.6. The second-order valence-electron chi connectivity index (χ2n) is 25.2. The van der Waals surface area contributed by atoms with E-state index in [1.807, 2.05) is 0 Å². The molecule has 3 rings (SSSR count). The van der Waals surface area contributed by atoms with Crippen LogP contribution in [0, 0.1) is 11.8 Å². The monoisotopic (exact) mass is 1470 g/mol. The molecule has 13 amide bonds. The molecule has 1 aromatic carbocycles. The van der Waals surface area contributed by atoms with Crippen molar-refractivity contribution in [3.05, 3.63) is 54.1 Å². The molecule has 1 aromatic heterocycles. The van der Waals surface area contributed by atoms with Crippen molar-refractivity contribution < 1.29 is 87.5 Å². The molecule has 40 nitrogen and oxygen atoms in total. The number of aliphatic hydroxyl groups is 3. The number of imidazole rings is 1. The number of aliphatic hydroxyl groups excluding tert-OH is 3. The molecule has 1 aliphatic rings. The minimum Gasteiger partial charge on any atom is -0.480 e. The number of H-pyrrole nitrogens is 1. The number of nitrogens with zero attached hydrogens (tertiary/aromatic N) is 4. The summed E-state index contributed by atoms with van der Waals surface area (Å²) in [4.78, 5) is 205. The maximum absolute atomic E-state index is 14.3. The highest BCUT2D eigenvalue weighted by Gasteiger charge is 2.42. The number of amides is 13. The normalized spacial score (nSPS) is 16.6. The summed E-state index contributed by atoms with van der Waals surface area (Å²) in [5, 5.41) is 68.0. The van der Waals surface area contributed by atoms with Crippen molar-refractivity contribution in [2.75, 3.05) is 39.4 Å². The van der Waals surface area contributed by atoms with Crippen LogP contribution in [0.1, 0.15) is 117 Å². The molecule has 40 heteroatoms. The number of rotatable bonds is 46. The predicted molar refractivity (Wildman–Crippen MR) is 374 cm³/mol. The Kier molecular flexibility index (Phi) is 37.7. The number of nitrogens with two attached hydrogens (primary N) is 6. The number of carbonyl (C=O) groups excluding carboxylic acids is 13. The average molecular weight is 1470 g/mol. The van der Waals surface area contributed by atoms with E-state index in [-0.39, 0.29) is 75.8 Å². The Bertz CT molecular complexity index is 3280. The zero-order valence-electron chi connectivity index (χ0n) is 59.2. The van der Waals surface area contributed by atoms with E-state index in [9.17, 15) is 87.5 Å². The first-order chi connectivity index (χ1) is 49.2. The SMILES string of the molecule is CC[C@H](C)[C@H](NC(=O)[C@H](Cc1ccccc1)NC(=O)[C@@H](N)CCCN=C(N)N)C(=O)N[C@@H](CO)C(=O)N[C@@H](CO)C(=O)N[C@@H](Cc1cnc[nH]1)C(=O)N[C@@H](CCC(N)=O)C(=O)N[C@H](C(=O)NCC(=O)N[C@H](C(=O)N1CCC[C@H]1C(=O)N[C@@H](C)C(=O)N[C@@H](CCCN=C(N)N)C(=O)O)[C@@H](C)CC)[C@@H](C)O. The van der Waals surface area contributed by atoms with E-state index in [1.54, 1.807) is 58.0 Å². The maximum Gasteiger partial charge on any atom is 0.326 e. The third kappa shape index (κ3) is 29.8. The third-order valence-corrected chi connectivity index (χ3v) is 17.0. The maximum atomic E-state index is 14.3. The summed E-state index contributed by atoms with van der Waals surface area (Å²) >= 11 is 0. The zero-order valence-corrected chi connectivity index (χ0v) is 59.2. The first kappa shape index (κ1) is 87.6. The van der Waals surface area contributed by atoms with Gasteiger partial charge in [0, 0.05) is 50.8 Å². The minimum atomic E-state index is -1.92. The van der Waals surface area contributed by atoms with Gasteiger partial charge >= 0.3 is 5.97 Å². The summed E-state index contributed by atoms with van der Waals surface area (Å²) in [6, 6.07) is -9.27. The highest BCUT2D eigenvalue weighted by molar-refractivity contribution is 6.00. The van der Waals surface area contributed by atoms with Gasteiger partial charge in [0.05, 0.1) is 38.2 Å². The van der Waals surface area contributed by atoms with E-state index in [0.29, 0.717) is 24.8 Å². The molecule has 1 saturated heterocycles. The first-order valence-electron chi connectivity index (χ1n) is 34.1. The van der Waals surface area contributed by atoms with Crippen molar-refractivity contribution in [3.8, 4) is 0 Å². The Morgan fingerprint density at radius 3 is 1.64 bits per heavy atom. The quantitative estimate of drug-likeness (QED) is 0.0166. The van der Waals surface area contributed by atoms with Crippen LogP contribution in [0.5, 0.6) is 0 Å². The summed E-state index contributed by atoms with van der Waals surface area (Å²) in [5.41, 5.74) is 33.8. The first-order valence-corrected chi connectivity index (χ1v) is 34.1. The van der Waals surface area contributed by atoms with Crippen LogP contribution in [0.3, 0.4) is 0 Å². The van der Waals surface area contributed by atoms with E-state index in [1.165, 1.54) is 24.3 Å². The molecule has 1 fully saturated rings. The number of aromatic amines is 1. The molecular weight excluding hydrogens is 1360 g/mol. The number of nitrogens with one attached hydrogen (secondary N) is 12. The van der Waals surface area contributed by atoms with Gasteiger partial charge in [0.15, 0.2) is 11.9 Å². The molecule has 0 saturated carbocycles. The Morgan fingerprint density at radius 1 is 0.587 bits per heavy atom. The van der Waals surface area contributed by atoms with E-state index in [0.717, 1.165) is 6.92 Å². The van der Waals surface area contributed by atoms with E-state index in [4.69, 9.17) is 34.4 Å². The van der Waals surface area contributed by atoms with Crippen LogP contribution in [-0.2, 0) is 80.0 Å². The third-order valence-electron chi connectivity index (χ3n) is 17.0. The highest BCUT2D eigenvalue weighted by Crippen LogP contribution is 2.22. The molecule has 0 unspecified atom stereocenters. The number of primary amides is 1. The lowest BCUT2D eigenvalue weighted by Crippen LogP contribution is -2.62. The number of hydrogen-bond acceptors (Lipinski definition) is 21. The Balaban J connectivity index is 1.76. The number of aliphatic imine (C=N–C) groups is 2. The Morgan fingerprint density at radius 2 is 1.10 bits per heavy atom. The summed E-state index contributed by atoms with van der Waals surface area (Å²) in [7, 11) is 0. The molecule has 2 heterocycles. The van der Waals surface area contributed by atoms with Gasteiger partial charge in [-0.1, -0.05) is 70.9 Å². The topological polar surface area (TPSA) is 665 Å². The second kappa shape index (κ2) is 44.7. The molecule has 0 spiro atoms. The van der Waals surface area contributed by atoms with Crippen LogP contribution in [-0.4, -0.2) is 248 Å². The fourth-order valence-corrected chi connectivity index (χ4v) is 10.6. The van der Waals surface area contributed by atoms with E-state index >= 15 is 0 Å². The van der Waals surface area contributed by atoms with Gasteiger partial charge in [-0.3, -0.25) is 72.3 Å². The lowest BCUT2D eigenvalue weighted by molar-refractivity contribution is -0.144. The van der Waals surface area contributed by atoms with Crippen LogP contribution >= 0.6 is 0 Å². The van der Waals surface area contributed by atoms with Gasteiger partial charge in [-0.05, 0) is 76.2 Å². The number of aromatic nitrogens is 2. The van der Waals surface area contributed by atoms with Gasteiger partial charge in [-0.25, -0.2) is 9.78 Å².